The number of benzene rings is 2. The number of nitrogens with zero attached hydrogens (tertiary/aromatic N) is 2. The number of carboxylic acids is 1. The van der Waals surface area contributed by atoms with Gasteiger partial charge in [0.05, 0.1) is 12.4 Å². The standard InChI is InChI=1S/C43H59N13O7/c44-17-7-6-14-33(42(62)63)53-40(60)35(21-27-23-50-30-13-5-4-12-29(27)30)55-38(58)32(16-9-19-49-43(45)46)52-39(59)34(20-26-10-2-1-3-11-26)54-41(61)36(22-28-24-47-25-51-28)56-37(57)31-15-8-18-48-31/h1-5,10-13,23-25,31-36,48,50H,6-9,14-22,44H2,(H,47,51)(H,52,59)(H,53,60)(H,54,61)(H,55,58)(H,56,57)(H,62,63)(H4,45,46,49)/t31-,32-,33-,34-,35-,36-/m0/s1. The number of nitrogens with two attached hydrogens (primary N) is 3. The van der Waals surface area contributed by atoms with Gasteiger partial charge in [-0.15, -0.1) is 0 Å². The van der Waals surface area contributed by atoms with Gasteiger partial charge in [0.1, 0.15) is 30.2 Å². The van der Waals surface area contributed by atoms with E-state index in [0.29, 0.717) is 49.2 Å². The molecule has 5 rings (SSSR count). The summed E-state index contributed by atoms with van der Waals surface area (Å²) in [6.07, 6.45) is 7.51. The van der Waals surface area contributed by atoms with E-state index >= 15 is 0 Å². The number of rotatable bonds is 25. The summed E-state index contributed by atoms with van der Waals surface area (Å²) >= 11 is 0. The molecule has 0 bridgehead atoms. The number of hydrogen-bond donors (Lipinski definition) is 12. The van der Waals surface area contributed by atoms with E-state index in [1.54, 1.807) is 30.5 Å². The molecule has 0 unspecified atom stereocenters. The number of nitrogens with one attached hydrogen (secondary N) is 8. The molecule has 5 amide bonds. The van der Waals surface area contributed by atoms with Crippen molar-refractivity contribution in [2.75, 3.05) is 19.6 Å². The average molecular weight is 870 g/mol. The first kappa shape index (κ1) is 47.3. The fraction of sp³-hybridized carbons (Fsp3) is 0.442. The van der Waals surface area contributed by atoms with E-state index < -0.39 is 65.8 Å². The summed E-state index contributed by atoms with van der Waals surface area (Å²) in [5.41, 5.74) is 19.5. The number of hydrogen-bond acceptors (Lipinski definition) is 10. The number of aliphatic carboxylic acids is 1. The second-order valence-corrected chi connectivity index (χ2v) is 15.6. The van der Waals surface area contributed by atoms with E-state index in [0.717, 1.165) is 17.3 Å². The van der Waals surface area contributed by atoms with Gasteiger partial charge in [-0.25, -0.2) is 9.78 Å². The first-order valence-corrected chi connectivity index (χ1v) is 21.2. The molecule has 4 aromatic rings. The van der Waals surface area contributed by atoms with E-state index in [1.807, 2.05) is 30.3 Å². The predicted molar refractivity (Wildman–Crippen MR) is 236 cm³/mol. The zero-order valence-corrected chi connectivity index (χ0v) is 35.1. The van der Waals surface area contributed by atoms with Crippen LogP contribution in [0.3, 0.4) is 0 Å². The Balaban J connectivity index is 1.41. The Bertz CT molecular complexity index is 2150. The normalized spacial score (nSPS) is 15.9. The molecular weight excluding hydrogens is 811 g/mol. The molecule has 2 aromatic heterocycles. The van der Waals surface area contributed by atoms with Crippen molar-refractivity contribution < 1.29 is 33.9 Å². The molecule has 0 saturated carbocycles. The van der Waals surface area contributed by atoms with E-state index in [9.17, 15) is 33.9 Å². The van der Waals surface area contributed by atoms with Crippen molar-refractivity contribution in [1.82, 2.24) is 46.9 Å². The smallest absolute Gasteiger partial charge is 0.326 e. The third-order valence-electron chi connectivity index (χ3n) is 10.8. The van der Waals surface area contributed by atoms with Crippen LogP contribution >= 0.6 is 0 Å². The Kier molecular flexibility index (Phi) is 18.0. The number of carbonyl (C=O) groups excluding carboxylic acids is 5. The van der Waals surface area contributed by atoms with Crippen LogP contribution in [0.1, 0.15) is 61.8 Å². The number of aromatic nitrogens is 3. The van der Waals surface area contributed by atoms with Crippen LogP contribution in [-0.2, 0) is 48.0 Å². The van der Waals surface area contributed by atoms with Crippen LogP contribution in [0, 0.1) is 0 Å². The minimum atomic E-state index is -1.29. The number of carbonyl (C=O) groups is 6. The molecule has 2 aromatic carbocycles. The van der Waals surface area contributed by atoms with Gasteiger partial charge in [-0.3, -0.25) is 29.0 Å². The highest BCUT2D eigenvalue weighted by Gasteiger charge is 2.34. The summed E-state index contributed by atoms with van der Waals surface area (Å²) in [5.74, 6) is -4.62. The third kappa shape index (κ3) is 14.7. The number of carboxylic acid groups (broad SMARTS) is 1. The van der Waals surface area contributed by atoms with Crippen LogP contribution in [0.25, 0.3) is 10.9 Å². The molecule has 338 valence electrons. The van der Waals surface area contributed by atoms with E-state index in [4.69, 9.17) is 17.2 Å². The fourth-order valence-corrected chi connectivity index (χ4v) is 7.41. The molecule has 1 aliphatic heterocycles. The topological polar surface area (TPSA) is 330 Å². The molecule has 3 heterocycles. The highest BCUT2D eigenvalue weighted by Crippen LogP contribution is 2.20. The number of aromatic amines is 2. The van der Waals surface area contributed by atoms with Gasteiger partial charge in [-0.2, -0.15) is 0 Å². The number of imidazole rings is 1. The number of amides is 5. The molecule has 6 atom stereocenters. The van der Waals surface area contributed by atoms with Crippen LogP contribution in [0.5, 0.6) is 0 Å². The van der Waals surface area contributed by atoms with Gasteiger partial charge in [0.25, 0.3) is 0 Å². The summed E-state index contributed by atoms with van der Waals surface area (Å²) in [6, 6.07) is 9.71. The van der Waals surface area contributed by atoms with Crippen molar-refractivity contribution in [3.63, 3.8) is 0 Å². The van der Waals surface area contributed by atoms with Crippen molar-refractivity contribution in [2.24, 2.45) is 22.2 Å². The number of aliphatic imine (C=N–C) groups is 1. The Labute approximate surface area is 364 Å². The van der Waals surface area contributed by atoms with Crippen molar-refractivity contribution >= 4 is 52.4 Å². The minimum Gasteiger partial charge on any atom is -0.480 e. The van der Waals surface area contributed by atoms with Crippen molar-refractivity contribution in [3.8, 4) is 0 Å². The third-order valence-corrected chi connectivity index (χ3v) is 10.8. The average Bonchev–Trinajstić information content (AvgIpc) is 4.08. The van der Waals surface area contributed by atoms with Crippen LogP contribution in [0.15, 0.2) is 78.3 Å². The molecular formula is C43H59N13O7. The Morgan fingerprint density at radius 1 is 0.746 bits per heavy atom. The lowest BCUT2D eigenvalue weighted by Crippen LogP contribution is -2.60. The van der Waals surface area contributed by atoms with Gasteiger partial charge < -0.3 is 64.2 Å². The van der Waals surface area contributed by atoms with Gasteiger partial charge >= 0.3 is 5.97 Å². The quantitative estimate of drug-likeness (QED) is 0.0225. The Morgan fingerprint density at radius 3 is 2.03 bits per heavy atom. The second kappa shape index (κ2) is 24.0. The summed E-state index contributed by atoms with van der Waals surface area (Å²) in [7, 11) is 0. The number of guanidine groups is 1. The fourth-order valence-electron chi connectivity index (χ4n) is 7.41. The lowest BCUT2D eigenvalue weighted by atomic mass is 10.0. The van der Waals surface area contributed by atoms with E-state index in [2.05, 4.69) is 51.8 Å². The summed E-state index contributed by atoms with van der Waals surface area (Å²) in [6.45, 7) is 1.13. The largest absolute Gasteiger partial charge is 0.480 e. The van der Waals surface area contributed by atoms with Crippen molar-refractivity contribution in [3.05, 3.63) is 90.1 Å². The van der Waals surface area contributed by atoms with Crippen molar-refractivity contribution in [2.45, 2.75) is 100 Å². The molecule has 0 aliphatic carbocycles. The van der Waals surface area contributed by atoms with Crippen LogP contribution < -0.4 is 49.1 Å². The monoisotopic (exact) mass is 869 g/mol. The maximum Gasteiger partial charge on any atom is 0.326 e. The maximum atomic E-state index is 14.4. The lowest BCUT2D eigenvalue weighted by Gasteiger charge is -2.27. The molecule has 1 aliphatic rings. The van der Waals surface area contributed by atoms with Crippen LogP contribution in [0.2, 0.25) is 0 Å². The van der Waals surface area contributed by atoms with E-state index in [-0.39, 0.29) is 56.9 Å². The number of para-hydroxylation sites is 1. The molecule has 15 N–H and O–H groups in total. The van der Waals surface area contributed by atoms with Gasteiger partial charge in [0, 0.05) is 54.8 Å². The Morgan fingerprint density at radius 2 is 1.38 bits per heavy atom. The predicted octanol–water partition coefficient (Wildman–Crippen LogP) is -0.638. The zero-order valence-electron chi connectivity index (χ0n) is 35.1. The highest BCUT2D eigenvalue weighted by molar-refractivity contribution is 5.97. The molecule has 63 heavy (non-hydrogen) atoms. The number of fused-ring (bicyclic) bond motifs is 1. The van der Waals surface area contributed by atoms with E-state index in [1.165, 1.54) is 12.5 Å². The number of H-pyrrole nitrogens is 2. The second-order valence-electron chi connectivity index (χ2n) is 15.6. The van der Waals surface area contributed by atoms with Gasteiger partial charge in [0.2, 0.25) is 29.5 Å². The first-order valence-electron chi connectivity index (χ1n) is 21.2. The minimum absolute atomic E-state index is 0.00547. The van der Waals surface area contributed by atoms with Gasteiger partial charge in [-0.05, 0) is 75.2 Å². The summed E-state index contributed by atoms with van der Waals surface area (Å²) in [5, 5.41) is 27.7. The van der Waals surface area contributed by atoms with Gasteiger partial charge in [-0.1, -0.05) is 48.5 Å². The summed E-state index contributed by atoms with van der Waals surface area (Å²) < 4.78 is 0. The Hall–Kier alpha value is -6.80. The first-order chi connectivity index (χ1) is 30.4. The molecule has 0 spiro atoms. The number of unbranched alkanes of at least 4 members (excludes halogenated alkanes) is 1. The van der Waals surface area contributed by atoms with Crippen LogP contribution in [0.4, 0.5) is 0 Å². The highest BCUT2D eigenvalue weighted by atomic mass is 16.4. The molecule has 1 fully saturated rings. The SMILES string of the molecule is NCCCC[C@H](NC(=O)[C@H](Cc1c[nH]c2ccccc12)NC(=O)[C@H](CCCN=C(N)N)NC(=O)[C@H](Cc1ccccc1)NC(=O)[C@H](Cc1cnc[nH]1)NC(=O)[C@@H]1CCCN1)C(=O)O. The lowest BCUT2D eigenvalue weighted by molar-refractivity contribution is -0.142. The molecule has 20 heteroatoms. The van der Waals surface area contributed by atoms with Crippen LogP contribution in [-0.4, -0.2) is 117 Å². The molecule has 1 saturated heterocycles. The summed E-state index contributed by atoms with van der Waals surface area (Å²) in [4.78, 5) is 96.6. The maximum absolute atomic E-state index is 14.4. The zero-order chi connectivity index (χ0) is 45.1. The van der Waals surface area contributed by atoms with Crippen molar-refractivity contribution in [1.29, 1.82) is 0 Å². The molecule has 20 nitrogen and oxygen atoms in total. The molecule has 0 radical (unpaired) electrons. The van der Waals surface area contributed by atoms with Gasteiger partial charge in [0.15, 0.2) is 5.96 Å².